The van der Waals surface area contributed by atoms with Crippen LogP contribution in [0.3, 0.4) is 0 Å². The van der Waals surface area contributed by atoms with Gasteiger partial charge in [-0.1, -0.05) is 0 Å². The standard InChI is InChI=1S/C14H21NO9/c1-7(16)21-6-12(22-8(2)17)14(24-10(4)19)13(11(20)5-15)23-9(3)18/h12-14H,5-6,15H2,1-4H3/t12-,13-,14-/m1/s1. The Kier molecular flexibility index (Phi) is 9.25. The molecule has 0 rings (SSSR count). The predicted octanol–water partition coefficient (Wildman–Crippen LogP) is -1.13. The van der Waals surface area contributed by atoms with E-state index in [0.717, 1.165) is 27.7 Å². The van der Waals surface area contributed by atoms with E-state index in [1.807, 2.05) is 0 Å². The normalized spacial score (nSPS) is 13.9. The molecular weight excluding hydrogens is 326 g/mol. The molecule has 0 heterocycles. The number of esters is 4. The lowest BCUT2D eigenvalue weighted by atomic mass is 10.0. The fourth-order valence-electron chi connectivity index (χ4n) is 1.74. The molecule has 0 saturated heterocycles. The maximum Gasteiger partial charge on any atom is 0.303 e. The number of Topliss-reactive ketones (excluding diaryl/α,β-unsaturated/α-hetero) is 1. The molecule has 0 aliphatic rings. The van der Waals surface area contributed by atoms with E-state index >= 15 is 0 Å². The summed E-state index contributed by atoms with van der Waals surface area (Å²) in [7, 11) is 0. The fraction of sp³-hybridized carbons (Fsp3) is 0.643. The maximum atomic E-state index is 12.0. The Morgan fingerprint density at radius 1 is 0.792 bits per heavy atom. The van der Waals surface area contributed by atoms with Gasteiger partial charge in [0.15, 0.2) is 18.0 Å². The molecule has 0 aromatic carbocycles. The molecule has 0 aromatic heterocycles. The van der Waals surface area contributed by atoms with Gasteiger partial charge in [0.25, 0.3) is 0 Å². The quantitative estimate of drug-likeness (QED) is 0.401. The highest BCUT2D eigenvalue weighted by atomic mass is 16.6. The molecular formula is C14H21NO9. The first kappa shape index (κ1) is 21.5. The number of rotatable bonds is 9. The molecule has 0 radical (unpaired) electrons. The summed E-state index contributed by atoms with van der Waals surface area (Å²) in [5.74, 6) is -3.92. The lowest BCUT2D eigenvalue weighted by Crippen LogP contribution is -2.52. The van der Waals surface area contributed by atoms with Crippen LogP contribution in [0.5, 0.6) is 0 Å². The van der Waals surface area contributed by atoms with Gasteiger partial charge in [0, 0.05) is 27.7 Å². The molecule has 0 fully saturated rings. The lowest BCUT2D eigenvalue weighted by Gasteiger charge is -2.30. The van der Waals surface area contributed by atoms with Gasteiger partial charge < -0.3 is 24.7 Å². The average Bonchev–Trinajstić information content (AvgIpc) is 2.45. The van der Waals surface area contributed by atoms with Crippen molar-refractivity contribution in [3.63, 3.8) is 0 Å². The van der Waals surface area contributed by atoms with E-state index in [9.17, 15) is 24.0 Å². The molecule has 0 aliphatic carbocycles. The van der Waals surface area contributed by atoms with E-state index in [1.165, 1.54) is 0 Å². The number of carbonyl (C=O) groups excluding carboxylic acids is 5. The van der Waals surface area contributed by atoms with Crippen LogP contribution in [0.15, 0.2) is 0 Å². The molecule has 0 unspecified atom stereocenters. The average molecular weight is 347 g/mol. The van der Waals surface area contributed by atoms with Crippen molar-refractivity contribution >= 4 is 29.7 Å². The molecule has 136 valence electrons. The van der Waals surface area contributed by atoms with Crippen LogP contribution in [0.2, 0.25) is 0 Å². The Morgan fingerprint density at radius 3 is 1.67 bits per heavy atom. The van der Waals surface area contributed by atoms with Gasteiger partial charge in [0.05, 0.1) is 6.54 Å². The van der Waals surface area contributed by atoms with Gasteiger partial charge in [0.2, 0.25) is 6.10 Å². The Balaban J connectivity index is 5.67. The molecule has 0 saturated carbocycles. The first-order valence-electron chi connectivity index (χ1n) is 6.96. The van der Waals surface area contributed by atoms with Crippen molar-refractivity contribution < 1.29 is 42.9 Å². The monoisotopic (exact) mass is 347 g/mol. The highest BCUT2D eigenvalue weighted by molar-refractivity contribution is 5.88. The number of hydrogen-bond donors (Lipinski definition) is 1. The van der Waals surface area contributed by atoms with Crippen molar-refractivity contribution in [3.8, 4) is 0 Å². The van der Waals surface area contributed by atoms with Gasteiger partial charge in [-0.2, -0.15) is 0 Å². The summed E-state index contributed by atoms with van der Waals surface area (Å²) in [5, 5.41) is 0. The van der Waals surface area contributed by atoms with Crippen molar-refractivity contribution in [2.24, 2.45) is 5.73 Å². The second-order valence-electron chi connectivity index (χ2n) is 4.72. The van der Waals surface area contributed by atoms with Crippen molar-refractivity contribution in [2.75, 3.05) is 13.2 Å². The first-order valence-corrected chi connectivity index (χ1v) is 6.96. The molecule has 0 aromatic rings. The number of carbonyl (C=O) groups is 5. The lowest BCUT2D eigenvalue weighted by molar-refractivity contribution is -0.190. The summed E-state index contributed by atoms with van der Waals surface area (Å²) in [6, 6.07) is 0. The van der Waals surface area contributed by atoms with Crippen LogP contribution in [0.25, 0.3) is 0 Å². The summed E-state index contributed by atoms with van der Waals surface area (Å²) >= 11 is 0. The van der Waals surface area contributed by atoms with Crippen LogP contribution in [0.1, 0.15) is 27.7 Å². The van der Waals surface area contributed by atoms with Crippen molar-refractivity contribution in [1.29, 1.82) is 0 Å². The molecule has 24 heavy (non-hydrogen) atoms. The number of ketones is 1. The van der Waals surface area contributed by atoms with E-state index in [1.54, 1.807) is 0 Å². The predicted molar refractivity (Wildman–Crippen MR) is 77.4 cm³/mol. The number of nitrogens with two attached hydrogens (primary N) is 1. The third kappa shape index (κ3) is 8.22. The molecule has 10 nitrogen and oxygen atoms in total. The Bertz CT molecular complexity index is 502. The summed E-state index contributed by atoms with van der Waals surface area (Å²) in [6.45, 7) is 3.23. The van der Waals surface area contributed by atoms with Crippen LogP contribution in [-0.2, 0) is 42.9 Å². The van der Waals surface area contributed by atoms with Crippen LogP contribution >= 0.6 is 0 Å². The summed E-state index contributed by atoms with van der Waals surface area (Å²) in [4.78, 5) is 56.7. The second kappa shape index (κ2) is 10.3. The van der Waals surface area contributed by atoms with Gasteiger partial charge in [-0.25, -0.2) is 0 Å². The van der Waals surface area contributed by atoms with Crippen LogP contribution in [0.4, 0.5) is 0 Å². The topological polar surface area (TPSA) is 148 Å². The molecule has 0 bridgehead atoms. The Morgan fingerprint density at radius 2 is 1.29 bits per heavy atom. The third-order valence-electron chi connectivity index (χ3n) is 2.55. The third-order valence-corrected chi connectivity index (χ3v) is 2.55. The minimum Gasteiger partial charge on any atom is -0.462 e. The van der Waals surface area contributed by atoms with Gasteiger partial charge >= 0.3 is 23.9 Å². The summed E-state index contributed by atoms with van der Waals surface area (Å²) in [5.41, 5.74) is 5.27. The maximum absolute atomic E-state index is 12.0. The number of hydrogen-bond acceptors (Lipinski definition) is 10. The Hall–Kier alpha value is -2.49. The van der Waals surface area contributed by atoms with Crippen LogP contribution in [-0.4, -0.2) is 61.1 Å². The fourth-order valence-corrected chi connectivity index (χ4v) is 1.74. The van der Waals surface area contributed by atoms with Crippen molar-refractivity contribution in [1.82, 2.24) is 0 Å². The highest BCUT2D eigenvalue weighted by Crippen LogP contribution is 2.16. The van der Waals surface area contributed by atoms with E-state index < -0.39 is 61.1 Å². The molecule has 0 amide bonds. The van der Waals surface area contributed by atoms with Gasteiger partial charge in [-0.05, 0) is 0 Å². The molecule has 0 spiro atoms. The molecule has 2 N–H and O–H groups in total. The molecule has 0 aliphatic heterocycles. The van der Waals surface area contributed by atoms with Gasteiger partial charge in [-0.15, -0.1) is 0 Å². The summed E-state index contributed by atoms with van der Waals surface area (Å²) in [6.07, 6.45) is -4.50. The minimum atomic E-state index is -1.61. The summed E-state index contributed by atoms with van der Waals surface area (Å²) < 4.78 is 19.5. The van der Waals surface area contributed by atoms with Gasteiger partial charge in [0.1, 0.15) is 6.61 Å². The highest BCUT2D eigenvalue weighted by Gasteiger charge is 2.41. The zero-order valence-electron chi connectivity index (χ0n) is 13.9. The largest absolute Gasteiger partial charge is 0.462 e. The molecule has 10 heteroatoms. The number of ether oxygens (including phenoxy) is 4. The van der Waals surface area contributed by atoms with E-state index in [0.29, 0.717) is 0 Å². The smallest absolute Gasteiger partial charge is 0.303 e. The van der Waals surface area contributed by atoms with E-state index in [4.69, 9.17) is 24.7 Å². The van der Waals surface area contributed by atoms with Crippen LogP contribution < -0.4 is 5.73 Å². The minimum absolute atomic E-state index is 0.511. The van der Waals surface area contributed by atoms with Crippen molar-refractivity contribution in [3.05, 3.63) is 0 Å². The van der Waals surface area contributed by atoms with Crippen LogP contribution in [0, 0.1) is 0 Å². The zero-order valence-corrected chi connectivity index (χ0v) is 13.9. The molecule has 3 atom stereocenters. The van der Waals surface area contributed by atoms with E-state index in [-0.39, 0.29) is 0 Å². The zero-order chi connectivity index (χ0) is 18.9. The SMILES string of the molecule is CC(=O)OC[C@@H](OC(C)=O)[C@@H](OC(C)=O)[C@H](OC(C)=O)C(=O)CN. The van der Waals surface area contributed by atoms with E-state index in [2.05, 4.69) is 0 Å². The van der Waals surface area contributed by atoms with Gasteiger partial charge in [-0.3, -0.25) is 24.0 Å². The van der Waals surface area contributed by atoms with Crippen molar-refractivity contribution in [2.45, 2.75) is 46.0 Å². The second-order valence-corrected chi connectivity index (χ2v) is 4.72. The Labute approximate surface area is 138 Å². The first-order chi connectivity index (χ1) is 11.1.